The summed E-state index contributed by atoms with van der Waals surface area (Å²) in [6, 6.07) is 13.8. The predicted octanol–water partition coefficient (Wildman–Crippen LogP) is 4.76. The molecular weight excluding hydrogens is 411 g/mol. The Morgan fingerprint density at radius 1 is 1.03 bits per heavy atom. The van der Waals surface area contributed by atoms with Crippen molar-refractivity contribution < 1.29 is 18.7 Å². The number of halogens is 1. The molecule has 2 heterocycles. The highest BCUT2D eigenvalue weighted by Gasteiger charge is 2.32. The Morgan fingerprint density at radius 2 is 1.84 bits per heavy atom. The van der Waals surface area contributed by atoms with E-state index in [1.165, 1.54) is 6.07 Å². The molecule has 5 rings (SSSR count). The normalized spacial score (nSPS) is 18.8. The third-order valence-corrected chi connectivity index (χ3v) is 6.32. The number of carbonyl (C=O) groups excluding carboxylic acids is 2. The van der Waals surface area contributed by atoms with Crippen molar-refractivity contribution >= 4 is 22.8 Å². The number of nitrogens with one attached hydrogen (secondary N) is 2. The number of rotatable bonds is 4. The summed E-state index contributed by atoms with van der Waals surface area (Å²) >= 11 is 0. The van der Waals surface area contributed by atoms with Gasteiger partial charge in [0.2, 0.25) is 0 Å². The minimum absolute atomic E-state index is 0.0691. The van der Waals surface area contributed by atoms with E-state index in [4.69, 9.17) is 4.74 Å². The number of aromatic amines is 1. The lowest BCUT2D eigenvalue weighted by atomic mass is 9.84. The Bertz CT molecular complexity index is 1320. The molecule has 1 aromatic heterocycles. The van der Waals surface area contributed by atoms with E-state index in [2.05, 4.69) is 10.3 Å². The van der Waals surface area contributed by atoms with Gasteiger partial charge < -0.3 is 9.72 Å². The lowest BCUT2D eigenvalue weighted by molar-refractivity contribution is -0.116. The van der Waals surface area contributed by atoms with Crippen LogP contribution in [-0.2, 0) is 9.53 Å². The van der Waals surface area contributed by atoms with Gasteiger partial charge in [0, 0.05) is 22.6 Å². The summed E-state index contributed by atoms with van der Waals surface area (Å²) in [6.07, 6.45) is 4.74. The summed E-state index contributed by atoms with van der Waals surface area (Å²) < 4.78 is 19.2. The van der Waals surface area contributed by atoms with Crippen molar-refractivity contribution in [2.24, 2.45) is 5.92 Å². The van der Waals surface area contributed by atoms with Gasteiger partial charge in [-0.25, -0.2) is 9.18 Å². The molecule has 32 heavy (non-hydrogen) atoms. The van der Waals surface area contributed by atoms with Crippen LogP contribution in [-0.4, -0.2) is 17.0 Å². The second-order valence-electron chi connectivity index (χ2n) is 8.28. The molecule has 2 aromatic carbocycles. The Hall–Kier alpha value is -3.74. The van der Waals surface area contributed by atoms with Crippen LogP contribution in [0.5, 0.6) is 0 Å². The third kappa shape index (κ3) is 3.70. The molecule has 2 amide bonds. The molecule has 1 aliphatic heterocycles. The minimum atomic E-state index is -0.806. The quantitative estimate of drug-likeness (QED) is 0.582. The molecule has 0 spiro atoms. The fraction of sp³-hybridized carbons (Fsp3) is 0.240. The van der Waals surface area contributed by atoms with E-state index >= 15 is 0 Å². The Balaban J connectivity index is 1.54. The van der Waals surface area contributed by atoms with Crippen molar-refractivity contribution in [1.82, 2.24) is 10.3 Å². The average molecular weight is 432 g/mol. The molecule has 1 atom stereocenters. The van der Waals surface area contributed by atoms with E-state index in [9.17, 15) is 18.8 Å². The van der Waals surface area contributed by atoms with Crippen LogP contribution in [0.4, 0.5) is 9.18 Å². The van der Waals surface area contributed by atoms with Gasteiger partial charge >= 0.3 is 6.09 Å². The number of hydrogen-bond donors (Lipinski definition) is 2. The molecule has 2 fully saturated rings. The fourth-order valence-corrected chi connectivity index (χ4v) is 4.71. The zero-order chi connectivity index (χ0) is 22.2. The molecule has 2 N–H and O–H groups in total. The Kier molecular flexibility index (Phi) is 5.09. The van der Waals surface area contributed by atoms with Gasteiger partial charge in [-0.05, 0) is 54.0 Å². The number of amides is 2. The van der Waals surface area contributed by atoms with Gasteiger partial charge in [-0.1, -0.05) is 43.2 Å². The second-order valence-corrected chi connectivity index (χ2v) is 8.28. The summed E-state index contributed by atoms with van der Waals surface area (Å²) in [6.45, 7) is 0. The lowest BCUT2D eigenvalue weighted by Gasteiger charge is -2.20. The highest BCUT2D eigenvalue weighted by atomic mass is 19.1. The SMILES string of the molecule is O=C1NC(=O)C(=CC(c2ccc(-c3ccc4cccc(F)c4c3)[nH]c2=O)C2CCCC2)O1. The topological polar surface area (TPSA) is 88.3 Å². The fourth-order valence-electron chi connectivity index (χ4n) is 4.71. The Labute approximate surface area is 183 Å². The number of imide groups is 1. The van der Waals surface area contributed by atoms with Crippen molar-refractivity contribution in [2.45, 2.75) is 31.6 Å². The zero-order valence-corrected chi connectivity index (χ0v) is 17.2. The van der Waals surface area contributed by atoms with E-state index < -0.39 is 12.0 Å². The highest BCUT2D eigenvalue weighted by molar-refractivity contribution is 6.07. The van der Waals surface area contributed by atoms with Crippen LogP contribution in [0.15, 0.2) is 65.2 Å². The third-order valence-electron chi connectivity index (χ3n) is 6.32. The van der Waals surface area contributed by atoms with E-state index in [1.807, 2.05) is 18.2 Å². The maximum atomic E-state index is 14.2. The lowest BCUT2D eigenvalue weighted by Crippen LogP contribution is -2.21. The molecule has 3 aromatic rings. The smallest absolute Gasteiger partial charge is 0.404 e. The summed E-state index contributed by atoms with van der Waals surface area (Å²) in [5, 5.41) is 3.36. The number of cyclic esters (lactones) is 1. The molecule has 0 radical (unpaired) electrons. The molecule has 1 saturated heterocycles. The molecule has 1 unspecified atom stereocenters. The molecule has 0 bridgehead atoms. The van der Waals surface area contributed by atoms with E-state index in [0.717, 1.165) is 31.1 Å². The van der Waals surface area contributed by atoms with Crippen molar-refractivity contribution in [3.8, 4) is 11.3 Å². The van der Waals surface area contributed by atoms with Crippen molar-refractivity contribution in [3.05, 3.63) is 82.1 Å². The van der Waals surface area contributed by atoms with Crippen LogP contribution in [0.25, 0.3) is 22.0 Å². The van der Waals surface area contributed by atoms with E-state index in [-0.39, 0.29) is 29.0 Å². The standard InChI is InChI=1S/C25H21FN2O4/c26-20-7-3-6-15-8-9-16(12-19(15)20)21-11-10-17(23(29)27-21)18(14-4-1-2-5-14)13-22-24(30)28-25(31)32-22/h3,6-14,18H,1-2,4-5H2,(H,27,29)(H,28,30,31). The van der Waals surface area contributed by atoms with Gasteiger partial charge in [0.1, 0.15) is 5.82 Å². The molecule has 2 aliphatic rings. The molecule has 1 aliphatic carbocycles. The molecule has 6 nitrogen and oxygen atoms in total. The van der Waals surface area contributed by atoms with Crippen LogP contribution in [0.1, 0.15) is 37.2 Å². The number of fused-ring (bicyclic) bond motifs is 1. The number of H-pyrrole nitrogens is 1. The summed E-state index contributed by atoms with van der Waals surface area (Å²) in [5.41, 5.74) is 1.50. The first-order chi connectivity index (χ1) is 15.5. The van der Waals surface area contributed by atoms with Gasteiger partial charge in [-0.2, -0.15) is 0 Å². The zero-order valence-electron chi connectivity index (χ0n) is 17.2. The number of alkyl carbamates (subject to hydrolysis) is 1. The minimum Gasteiger partial charge on any atom is -0.404 e. The molecular formula is C25H21FN2O4. The number of aromatic nitrogens is 1. The average Bonchev–Trinajstić information content (AvgIpc) is 3.42. The summed E-state index contributed by atoms with van der Waals surface area (Å²) in [7, 11) is 0. The number of ether oxygens (including phenoxy) is 1. The molecule has 1 saturated carbocycles. The first-order valence-corrected chi connectivity index (χ1v) is 10.7. The van der Waals surface area contributed by atoms with Crippen LogP contribution in [0.2, 0.25) is 0 Å². The van der Waals surface area contributed by atoms with E-state index in [1.54, 1.807) is 30.3 Å². The second kappa shape index (κ2) is 8.07. The van der Waals surface area contributed by atoms with Gasteiger partial charge in [0.05, 0.1) is 0 Å². The van der Waals surface area contributed by atoms with Crippen LogP contribution >= 0.6 is 0 Å². The maximum Gasteiger partial charge on any atom is 0.419 e. The van der Waals surface area contributed by atoms with Crippen LogP contribution in [0.3, 0.4) is 0 Å². The Morgan fingerprint density at radius 3 is 2.56 bits per heavy atom. The van der Waals surface area contributed by atoms with Crippen molar-refractivity contribution in [3.63, 3.8) is 0 Å². The molecule has 7 heteroatoms. The maximum absolute atomic E-state index is 14.2. The highest BCUT2D eigenvalue weighted by Crippen LogP contribution is 2.38. The number of pyridine rings is 1. The van der Waals surface area contributed by atoms with Crippen molar-refractivity contribution in [1.29, 1.82) is 0 Å². The van der Waals surface area contributed by atoms with Crippen LogP contribution in [0, 0.1) is 11.7 Å². The van der Waals surface area contributed by atoms with Gasteiger partial charge in [-0.3, -0.25) is 14.9 Å². The number of benzene rings is 2. The van der Waals surface area contributed by atoms with E-state index in [0.29, 0.717) is 22.2 Å². The van der Waals surface area contributed by atoms with Gasteiger partial charge in [-0.15, -0.1) is 0 Å². The van der Waals surface area contributed by atoms with Gasteiger partial charge in [0.15, 0.2) is 5.76 Å². The van der Waals surface area contributed by atoms with Crippen molar-refractivity contribution in [2.75, 3.05) is 0 Å². The monoisotopic (exact) mass is 432 g/mol. The van der Waals surface area contributed by atoms with Crippen LogP contribution < -0.4 is 10.9 Å². The molecule has 162 valence electrons. The first-order valence-electron chi connectivity index (χ1n) is 10.7. The number of allylic oxidation sites excluding steroid dienone is 1. The summed E-state index contributed by atoms with van der Waals surface area (Å²) in [4.78, 5) is 39.4. The number of carbonyl (C=O) groups is 2. The summed E-state index contributed by atoms with van der Waals surface area (Å²) in [5.74, 6) is -1.16. The largest absolute Gasteiger partial charge is 0.419 e. The van der Waals surface area contributed by atoms with Gasteiger partial charge in [0.25, 0.3) is 11.5 Å². The predicted molar refractivity (Wildman–Crippen MR) is 117 cm³/mol. The number of hydrogen-bond acceptors (Lipinski definition) is 4. The first kappa shape index (κ1) is 20.2.